The van der Waals surface area contributed by atoms with Crippen LogP contribution in [-0.2, 0) is 0 Å². The average molecular weight is 548 g/mol. The molecule has 0 radical (unpaired) electrons. The SMILES string of the molecule is COc1ccc(N=P(/C(=C/Sc2ccc(OC)cc2)c2ccccc2)(c2ccccc2)c2ccccc2)cc1. The summed E-state index contributed by atoms with van der Waals surface area (Å²) >= 11 is 1.71. The number of nitrogens with zero attached hydrogens (tertiary/aromatic N) is 1. The summed E-state index contributed by atoms with van der Waals surface area (Å²) in [5.41, 5.74) is 2.06. The minimum atomic E-state index is -2.53. The van der Waals surface area contributed by atoms with Crippen molar-refractivity contribution in [2.24, 2.45) is 4.74 Å². The second-order valence-corrected chi connectivity index (χ2v) is 12.7. The maximum Gasteiger partial charge on any atom is 0.119 e. The molecule has 5 heteroatoms. The van der Waals surface area contributed by atoms with Crippen LogP contribution in [-0.4, -0.2) is 14.2 Å². The Balaban J connectivity index is 1.82. The molecule has 0 saturated heterocycles. The van der Waals surface area contributed by atoms with Crippen molar-refractivity contribution in [3.63, 3.8) is 0 Å². The van der Waals surface area contributed by atoms with E-state index in [1.165, 1.54) is 15.9 Å². The normalized spacial score (nSPS) is 11.6. The maximum absolute atomic E-state index is 5.68. The molecular formula is C34H30NO2PS. The molecular weight excluding hydrogens is 517 g/mol. The van der Waals surface area contributed by atoms with Gasteiger partial charge in [-0.3, -0.25) is 4.74 Å². The molecule has 5 rings (SSSR count). The quantitative estimate of drug-likeness (QED) is 0.136. The first-order valence-electron chi connectivity index (χ1n) is 12.7. The lowest BCUT2D eigenvalue weighted by atomic mass is 10.2. The van der Waals surface area contributed by atoms with Gasteiger partial charge in [-0.15, -0.1) is 0 Å². The van der Waals surface area contributed by atoms with E-state index in [0.717, 1.165) is 27.6 Å². The van der Waals surface area contributed by atoms with Gasteiger partial charge < -0.3 is 9.47 Å². The molecule has 0 atom stereocenters. The van der Waals surface area contributed by atoms with Crippen LogP contribution in [0.5, 0.6) is 11.5 Å². The summed E-state index contributed by atoms with van der Waals surface area (Å²) < 4.78 is 16.5. The Morgan fingerprint density at radius 1 is 0.590 bits per heavy atom. The topological polar surface area (TPSA) is 30.8 Å². The van der Waals surface area contributed by atoms with Crippen molar-refractivity contribution < 1.29 is 9.47 Å². The molecule has 0 N–H and O–H groups in total. The van der Waals surface area contributed by atoms with Gasteiger partial charge in [0, 0.05) is 20.8 Å². The van der Waals surface area contributed by atoms with Crippen LogP contribution in [0.2, 0.25) is 0 Å². The summed E-state index contributed by atoms with van der Waals surface area (Å²) in [4.78, 5) is 1.13. The molecule has 0 aliphatic heterocycles. The van der Waals surface area contributed by atoms with Crippen molar-refractivity contribution in [3.8, 4) is 11.5 Å². The Labute approximate surface area is 235 Å². The van der Waals surface area contributed by atoms with Gasteiger partial charge >= 0.3 is 0 Å². The smallest absolute Gasteiger partial charge is 0.119 e. The van der Waals surface area contributed by atoms with Gasteiger partial charge in [0.05, 0.1) is 27.0 Å². The van der Waals surface area contributed by atoms with Gasteiger partial charge in [0.1, 0.15) is 11.5 Å². The van der Waals surface area contributed by atoms with E-state index in [1.807, 2.05) is 36.4 Å². The van der Waals surface area contributed by atoms with Gasteiger partial charge in [0.15, 0.2) is 0 Å². The zero-order valence-electron chi connectivity index (χ0n) is 22.0. The first kappa shape index (κ1) is 26.6. The highest BCUT2D eigenvalue weighted by molar-refractivity contribution is 8.03. The average Bonchev–Trinajstić information content (AvgIpc) is 3.02. The molecule has 5 aromatic carbocycles. The highest BCUT2D eigenvalue weighted by Gasteiger charge is 2.31. The zero-order chi connectivity index (χ0) is 26.9. The predicted octanol–water partition coefficient (Wildman–Crippen LogP) is 8.98. The monoisotopic (exact) mass is 547 g/mol. The summed E-state index contributed by atoms with van der Waals surface area (Å²) in [6.45, 7) is 0. The molecule has 0 amide bonds. The van der Waals surface area contributed by atoms with E-state index >= 15 is 0 Å². The number of thioether (sulfide) groups is 1. The number of hydrogen-bond donors (Lipinski definition) is 0. The first-order chi connectivity index (χ1) is 19.2. The summed E-state index contributed by atoms with van der Waals surface area (Å²) in [5.74, 6) is 1.66. The number of ether oxygens (including phenoxy) is 2. The van der Waals surface area contributed by atoms with Crippen LogP contribution >= 0.6 is 18.8 Å². The van der Waals surface area contributed by atoms with Crippen molar-refractivity contribution >= 4 is 40.4 Å². The van der Waals surface area contributed by atoms with Crippen LogP contribution in [0.25, 0.3) is 5.31 Å². The Hall–Kier alpha value is -3.98. The third-order valence-corrected chi connectivity index (χ3v) is 11.2. The van der Waals surface area contributed by atoms with Gasteiger partial charge in [-0.1, -0.05) is 103 Å². The van der Waals surface area contributed by atoms with E-state index < -0.39 is 7.05 Å². The van der Waals surface area contributed by atoms with E-state index in [4.69, 9.17) is 14.2 Å². The van der Waals surface area contributed by atoms with Gasteiger partial charge in [-0.25, -0.2) is 0 Å². The molecule has 0 unspecified atom stereocenters. The summed E-state index contributed by atoms with van der Waals surface area (Å²) in [5, 5.41) is 5.87. The molecule has 194 valence electrons. The number of methoxy groups -OCH3 is 2. The molecule has 0 aliphatic carbocycles. The second kappa shape index (κ2) is 12.7. The summed E-state index contributed by atoms with van der Waals surface area (Å²) in [7, 11) is 0.843. The van der Waals surface area contributed by atoms with Crippen molar-refractivity contribution in [1.82, 2.24) is 0 Å². The van der Waals surface area contributed by atoms with Crippen molar-refractivity contribution in [3.05, 3.63) is 150 Å². The summed E-state index contributed by atoms with van der Waals surface area (Å²) in [6, 6.07) is 48.2. The lowest BCUT2D eigenvalue weighted by molar-refractivity contribution is 0.414. The fourth-order valence-corrected chi connectivity index (χ4v) is 9.27. The first-order valence-corrected chi connectivity index (χ1v) is 15.3. The molecule has 0 spiro atoms. The molecule has 0 aliphatic rings. The number of rotatable bonds is 9. The van der Waals surface area contributed by atoms with E-state index in [1.54, 1.807) is 26.0 Å². The standard InChI is InChI=1S/C34H30NO2PS/c1-36-29-20-18-28(19-21-29)35-38(31-14-8-4-9-15-31,32-16-10-5-11-17-32)34(27-12-6-3-7-13-27)26-39-33-24-22-30(37-2)23-25-33/h3-26H,1-2H3/b34-26+. The van der Waals surface area contributed by atoms with E-state index in [-0.39, 0.29) is 0 Å². The largest absolute Gasteiger partial charge is 0.497 e. The number of benzene rings is 5. The van der Waals surface area contributed by atoms with Crippen LogP contribution in [0.3, 0.4) is 0 Å². The fraction of sp³-hybridized carbons (Fsp3) is 0.0588. The second-order valence-electron chi connectivity index (χ2n) is 8.77. The zero-order valence-corrected chi connectivity index (χ0v) is 23.7. The Morgan fingerprint density at radius 2 is 1.05 bits per heavy atom. The van der Waals surface area contributed by atoms with E-state index in [0.29, 0.717) is 0 Å². The molecule has 0 heterocycles. The van der Waals surface area contributed by atoms with Crippen LogP contribution < -0.4 is 20.1 Å². The van der Waals surface area contributed by atoms with E-state index in [9.17, 15) is 0 Å². The molecule has 0 saturated carbocycles. The van der Waals surface area contributed by atoms with Crippen LogP contribution in [0.1, 0.15) is 5.56 Å². The highest BCUT2D eigenvalue weighted by atomic mass is 32.2. The maximum atomic E-state index is 5.68. The Kier molecular flexibility index (Phi) is 8.68. The van der Waals surface area contributed by atoms with Gasteiger partial charge in [-0.2, -0.15) is 0 Å². The molecule has 3 nitrogen and oxygen atoms in total. The van der Waals surface area contributed by atoms with Crippen LogP contribution in [0, 0.1) is 0 Å². The van der Waals surface area contributed by atoms with Gasteiger partial charge in [-0.05, 0) is 59.5 Å². The predicted molar refractivity (Wildman–Crippen MR) is 167 cm³/mol. The third kappa shape index (κ3) is 6.04. The molecule has 5 aromatic rings. The van der Waals surface area contributed by atoms with Crippen LogP contribution in [0.15, 0.2) is 155 Å². The van der Waals surface area contributed by atoms with Crippen molar-refractivity contribution in [2.75, 3.05) is 14.2 Å². The fourth-order valence-electron chi connectivity index (χ4n) is 4.42. The van der Waals surface area contributed by atoms with Crippen molar-refractivity contribution in [1.29, 1.82) is 0 Å². The third-order valence-electron chi connectivity index (χ3n) is 6.38. The minimum Gasteiger partial charge on any atom is -0.497 e. The highest BCUT2D eigenvalue weighted by Crippen LogP contribution is 2.62. The molecule has 39 heavy (non-hydrogen) atoms. The van der Waals surface area contributed by atoms with Gasteiger partial charge in [0.2, 0.25) is 0 Å². The van der Waals surface area contributed by atoms with Gasteiger partial charge in [0.25, 0.3) is 0 Å². The molecule has 0 aromatic heterocycles. The van der Waals surface area contributed by atoms with Crippen LogP contribution in [0.4, 0.5) is 5.69 Å². The summed E-state index contributed by atoms with van der Waals surface area (Å²) in [6.07, 6.45) is 0. The number of hydrogen-bond acceptors (Lipinski definition) is 4. The van der Waals surface area contributed by atoms with Crippen molar-refractivity contribution in [2.45, 2.75) is 4.90 Å². The lowest BCUT2D eigenvalue weighted by Gasteiger charge is -2.29. The lowest BCUT2D eigenvalue weighted by Crippen LogP contribution is -2.17. The molecule has 0 bridgehead atoms. The van der Waals surface area contributed by atoms with E-state index in [2.05, 4.69) is 109 Å². The minimum absolute atomic E-state index is 0.811. The molecule has 0 fully saturated rings. The Morgan fingerprint density at radius 3 is 1.54 bits per heavy atom. The Bertz CT molecular complexity index is 1520.